The molecule has 31 heavy (non-hydrogen) atoms. The van der Waals surface area contributed by atoms with Gasteiger partial charge in [-0.2, -0.15) is 0 Å². The largest absolute Gasteiger partial charge is 0.505 e. The second-order valence-corrected chi connectivity index (χ2v) is 7.69. The summed E-state index contributed by atoms with van der Waals surface area (Å²) in [4.78, 5) is 25.9. The van der Waals surface area contributed by atoms with Gasteiger partial charge in [0.25, 0.3) is 5.69 Å². The van der Waals surface area contributed by atoms with Crippen molar-refractivity contribution in [3.8, 4) is 0 Å². The van der Waals surface area contributed by atoms with Gasteiger partial charge in [0.2, 0.25) is 0 Å². The molecule has 0 radical (unpaired) electrons. The van der Waals surface area contributed by atoms with Crippen LogP contribution in [0.3, 0.4) is 0 Å². The standard InChI is InChI=1S/C21H15N3O5S2/c25-18(14-9-10-4-1-2-7-13(10)22-14)16-15(11-5-3-6-12(8-11)24(28)29)17(21(26)27)20(31)23-19(16)30/h1-9,15,22,25,31H,(H,23,30)(H,26,27). The van der Waals surface area contributed by atoms with Crippen molar-refractivity contribution < 1.29 is 19.9 Å². The molecule has 8 nitrogen and oxygen atoms in total. The van der Waals surface area contributed by atoms with Gasteiger partial charge in [0.05, 0.1) is 27.1 Å². The van der Waals surface area contributed by atoms with E-state index in [9.17, 15) is 25.1 Å². The Morgan fingerprint density at radius 2 is 1.87 bits per heavy atom. The number of aliphatic carboxylic acids is 1. The average Bonchev–Trinajstić information content (AvgIpc) is 3.17. The van der Waals surface area contributed by atoms with Gasteiger partial charge in [-0.15, -0.1) is 12.6 Å². The number of rotatable bonds is 4. The third kappa shape index (κ3) is 3.66. The summed E-state index contributed by atoms with van der Waals surface area (Å²) in [6.45, 7) is 0. The van der Waals surface area contributed by atoms with Crippen molar-refractivity contribution in [1.29, 1.82) is 0 Å². The predicted octanol–water partition coefficient (Wildman–Crippen LogP) is 4.29. The number of nitro benzene ring substituents is 1. The quantitative estimate of drug-likeness (QED) is 0.0996. The van der Waals surface area contributed by atoms with E-state index in [1.54, 1.807) is 12.1 Å². The van der Waals surface area contributed by atoms with E-state index in [1.807, 2.05) is 24.3 Å². The number of carbonyl (C=O) groups is 1. The van der Waals surface area contributed by atoms with E-state index in [1.165, 1.54) is 18.2 Å². The minimum absolute atomic E-state index is 0.00204. The van der Waals surface area contributed by atoms with Gasteiger partial charge in [-0.05, 0) is 17.7 Å². The van der Waals surface area contributed by atoms with Crippen LogP contribution in [0, 0.1) is 10.1 Å². The van der Waals surface area contributed by atoms with Gasteiger partial charge >= 0.3 is 5.97 Å². The Kier molecular flexibility index (Phi) is 5.25. The Balaban J connectivity index is 1.99. The molecule has 4 N–H and O–H groups in total. The summed E-state index contributed by atoms with van der Waals surface area (Å²) in [7, 11) is 0. The van der Waals surface area contributed by atoms with E-state index in [0.29, 0.717) is 11.3 Å². The van der Waals surface area contributed by atoms with Gasteiger partial charge in [0.15, 0.2) is 0 Å². The number of aromatic nitrogens is 1. The molecule has 0 saturated heterocycles. The molecule has 1 aliphatic rings. The van der Waals surface area contributed by atoms with Crippen molar-refractivity contribution >= 4 is 58.2 Å². The number of thiocarbonyl (C=S) groups is 1. The minimum Gasteiger partial charge on any atom is -0.505 e. The molecule has 1 aromatic heterocycles. The van der Waals surface area contributed by atoms with Crippen LogP contribution in [0.15, 0.2) is 70.8 Å². The number of hydrogen-bond donors (Lipinski definition) is 5. The molecule has 0 aliphatic carbocycles. The van der Waals surface area contributed by atoms with E-state index in [2.05, 4.69) is 22.9 Å². The number of carboxylic acids is 1. The number of H-pyrrole nitrogens is 1. The molecule has 1 atom stereocenters. The molecule has 0 amide bonds. The number of aromatic amines is 1. The highest BCUT2D eigenvalue weighted by Crippen LogP contribution is 2.42. The fraction of sp³-hybridized carbons (Fsp3) is 0.0476. The summed E-state index contributed by atoms with van der Waals surface area (Å²) >= 11 is 9.63. The van der Waals surface area contributed by atoms with E-state index in [-0.39, 0.29) is 32.6 Å². The number of aliphatic hydroxyl groups is 1. The first-order valence-corrected chi connectivity index (χ1v) is 9.87. The predicted molar refractivity (Wildman–Crippen MR) is 123 cm³/mol. The van der Waals surface area contributed by atoms with Crippen LogP contribution >= 0.6 is 24.8 Å². The van der Waals surface area contributed by atoms with Gasteiger partial charge < -0.3 is 20.5 Å². The highest BCUT2D eigenvalue weighted by atomic mass is 32.1. The molecule has 10 heteroatoms. The Morgan fingerprint density at radius 1 is 1.13 bits per heavy atom. The number of aliphatic hydroxyl groups excluding tert-OH is 1. The smallest absolute Gasteiger partial charge is 0.335 e. The number of thiol groups is 1. The van der Waals surface area contributed by atoms with E-state index in [0.717, 1.165) is 10.9 Å². The molecule has 0 fully saturated rings. The van der Waals surface area contributed by atoms with Crippen molar-refractivity contribution in [2.45, 2.75) is 5.92 Å². The van der Waals surface area contributed by atoms with Gasteiger partial charge in [0, 0.05) is 28.6 Å². The number of nitrogens with one attached hydrogen (secondary N) is 2. The number of benzene rings is 2. The Morgan fingerprint density at radius 3 is 2.55 bits per heavy atom. The Bertz CT molecular complexity index is 1290. The Hall–Kier alpha value is -3.63. The van der Waals surface area contributed by atoms with Crippen molar-refractivity contribution in [2.75, 3.05) is 0 Å². The molecule has 0 saturated carbocycles. The highest BCUT2D eigenvalue weighted by Gasteiger charge is 2.38. The number of nitrogens with zero attached hydrogens (tertiary/aromatic N) is 1. The van der Waals surface area contributed by atoms with Crippen LogP contribution in [0.5, 0.6) is 0 Å². The van der Waals surface area contributed by atoms with E-state index >= 15 is 0 Å². The normalized spacial score (nSPS) is 18.1. The zero-order chi connectivity index (χ0) is 22.3. The molecular weight excluding hydrogens is 438 g/mol. The van der Waals surface area contributed by atoms with Gasteiger partial charge in [0.1, 0.15) is 10.7 Å². The third-order valence-electron chi connectivity index (χ3n) is 4.99. The summed E-state index contributed by atoms with van der Waals surface area (Å²) in [5.74, 6) is -2.63. The maximum atomic E-state index is 12.1. The molecule has 2 aromatic carbocycles. The van der Waals surface area contributed by atoms with Crippen molar-refractivity contribution in [2.24, 2.45) is 0 Å². The van der Waals surface area contributed by atoms with Crippen LogP contribution < -0.4 is 5.32 Å². The molecule has 3 aromatic rings. The molecule has 0 bridgehead atoms. The van der Waals surface area contributed by atoms with Crippen LogP contribution in [0.1, 0.15) is 17.2 Å². The Labute approximate surface area is 186 Å². The maximum absolute atomic E-state index is 12.1. The molecule has 1 unspecified atom stereocenters. The summed E-state index contributed by atoms with van der Waals surface area (Å²) < 4.78 is 0. The second-order valence-electron chi connectivity index (χ2n) is 6.84. The fourth-order valence-electron chi connectivity index (χ4n) is 3.62. The second kappa shape index (κ2) is 7.89. The summed E-state index contributed by atoms with van der Waals surface area (Å²) in [5, 5.41) is 35.8. The number of carboxylic acid groups (broad SMARTS) is 1. The lowest BCUT2D eigenvalue weighted by Gasteiger charge is -2.30. The van der Waals surface area contributed by atoms with Crippen molar-refractivity contribution in [3.05, 3.63) is 92.1 Å². The van der Waals surface area contributed by atoms with Crippen LogP contribution in [0.2, 0.25) is 0 Å². The van der Waals surface area contributed by atoms with E-state index < -0.39 is 16.8 Å². The lowest BCUT2D eigenvalue weighted by molar-refractivity contribution is -0.384. The molecule has 4 rings (SSSR count). The number of hydrogen-bond acceptors (Lipinski definition) is 6. The summed E-state index contributed by atoms with van der Waals surface area (Å²) in [6, 6.07) is 14.7. The molecule has 156 valence electrons. The van der Waals surface area contributed by atoms with Gasteiger partial charge in [-0.25, -0.2) is 4.79 Å². The molecule has 2 heterocycles. The maximum Gasteiger partial charge on any atom is 0.335 e. The van der Waals surface area contributed by atoms with Crippen LogP contribution in [-0.4, -0.2) is 31.1 Å². The SMILES string of the molecule is O=C(O)C1=C(S)NC(=S)C(=C(O)c2cc3ccccc3[nH]2)C1c1cccc([N+](=O)[O-])c1. The molecule has 0 spiro atoms. The topological polar surface area (TPSA) is 128 Å². The summed E-state index contributed by atoms with van der Waals surface area (Å²) in [5.41, 5.74) is 1.11. The first-order chi connectivity index (χ1) is 14.8. The monoisotopic (exact) mass is 453 g/mol. The van der Waals surface area contributed by atoms with Crippen molar-refractivity contribution in [1.82, 2.24) is 10.3 Å². The van der Waals surface area contributed by atoms with Crippen LogP contribution in [0.25, 0.3) is 16.7 Å². The van der Waals surface area contributed by atoms with Gasteiger partial charge in [-0.3, -0.25) is 10.1 Å². The molecular formula is C21H15N3O5S2. The van der Waals surface area contributed by atoms with Gasteiger partial charge in [-0.1, -0.05) is 42.5 Å². The van der Waals surface area contributed by atoms with E-state index in [4.69, 9.17) is 12.2 Å². The fourth-order valence-corrected chi connectivity index (χ4v) is 4.35. The third-order valence-corrected chi connectivity index (χ3v) is 5.67. The van der Waals surface area contributed by atoms with Crippen molar-refractivity contribution in [3.63, 3.8) is 0 Å². The lowest BCUT2D eigenvalue weighted by Crippen LogP contribution is -2.35. The lowest BCUT2D eigenvalue weighted by atomic mass is 9.81. The zero-order valence-electron chi connectivity index (χ0n) is 15.7. The molecule has 1 aliphatic heterocycles. The number of fused-ring (bicyclic) bond motifs is 1. The van der Waals surface area contributed by atoms with Crippen LogP contribution in [0.4, 0.5) is 5.69 Å². The van der Waals surface area contributed by atoms with Crippen LogP contribution in [-0.2, 0) is 4.79 Å². The summed E-state index contributed by atoms with van der Waals surface area (Å²) in [6.07, 6.45) is 0. The first kappa shape index (κ1) is 20.6. The zero-order valence-corrected chi connectivity index (χ0v) is 17.4. The highest BCUT2D eigenvalue weighted by molar-refractivity contribution is 7.85. The first-order valence-electron chi connectivity index (χ1n) is 9.01. The minimum atomic E-state index is -1.29. The number of non-ortho nitro benzene ring substituents is 1. The number of nitro groups is 1. The average molecular weight is 454 g/mol. The number of para-hydroxylation sites is 1.